The van der Waals surface area contributed by atoms with Crippen molar-refractivity contribution in [1.82, 2.24) is 0 Å². The van der Waals surface area contributed by atoms with Gasteiger partial charge in [-0.15, -0.1) is 0 Å². The number of amides is 1. The summed E-state index contributed by atoms with van der Waals surface area (Å²) in [5.74, 6) is -1.06. The molecule has 0 saturated carbocycles. The van der Waals surface area contributed by atoms with Crippen molar-refractivity contribution in [2.75, 3.05) is 22.9 Å². The Labute approximate surface area is 194 Å². The van der Waals surface area contributed by atoms with E-state index in [1.807, 2.05) is 44.2 Å². The highest BCUT2D eigenvalue weighted by atomic mass is 32.2. The molecule has 7 nitrogen and oxygen atoms in total. The number of rotatable bonds is 8. The molecule has 0 spiro atoms. The van der Waals surface area contributed by atoms with Crippen LogP contribution < -0.4 is 9.21 Å². The number of nitrogens with zero attached hydrogens (tertiary/aromatic N) is 2. The van der Waals surface area contributed by atoms with Crippen LogP contribution in [-0.4, -0.2) is 40.0 Å². The van der Waals surface area contributed by atoms with Gasteiger partial charge in [0, 0.05) is 18.8 Å². The first-order chi connectivity index (χ1) is 15.7. The van der Waals surface area contributed by atoms with Crippen LogP contribution in [0.2, 0.25) is 0 Å². The summed E-state index contributed by atoms with van der Waals surface area (Å²) in [6.45, 7) is 3.32. The van der Waals surface area contributed by atoms with Crippen molar-refractivity contribution in [1.29, 1.82) is 0 Å². The summed E-state index contributed by atoms with van der Waals surface area (Å²) >= 11 is 0. The number of anilines is 2. The first-order valence-corrected chi connectivity index (χ1v) is 11.8. The molecule has 3 aromatic rings. The molecule has 0 N–H and O–H groups in total. The molecule has 1 amide bonds. The molecule has 8 heteroatoms. The van der Waals surface area contributed by atoms with Crippen LogP contribution in [0.25, 0.3) is 0 Å². The van der Waals surface area contributed by atoms with Crippen molar-refractivity contribution >= 4 is 33.3 Å². The highest BCUT2D eigenvalue weighted by Crippen LogP contribution is 2.22. The fourth-order valence-corrected chi connectivity index (χ4v) is 4.49. The summed E-state index contributed by atoms with van der Waals surface area (Å²) in [7, 11) is -2.33. The minimum absolute atomic E-state index is 0.0385. The first kappa shape index (κ1) is 24.0. The highest BCUT2D eigenvalue weighted by molar-refractivity contribution is 7.92. The standard InChI is InChI=1S/C25H26N2O5S/c1-19(2)27(22-12-8-5-9-13-22)24(28)18-32-25(29)20-14-16-23(17-15-20)33(30,31)26(3)21-10-6-4-7-11-21/h4-17,19H,18H2,1-3H3. The van der Waals surface area contributed by atoms with Crippen molar-refractivity contribution in [2.45, 2.75) is 24.8 Å². The van der Waals surface area contributed by atoms with Gasteiger partial charge in [0.1, 0.15) is 0 Å². The molecule has 0 bridgehead atoms. The van der Waals surface area contributed by atoms with Crippen LogP contribution in [0.3, 0.4) is 0 Å². The number of hydrogen-bond donors (Lipinski definition) is 0. The average molecular weight is 467 g/mol. The van der Waals surface area contributed by atoms with Crippen LogP contribution >= 0.6 is 0 Å². The summed E-state index contributed by atoms with van der Waals surface area (Å²) < 4.78 is 32.1. The van der Waals surface area contributed by atoms with E-state index in [0.717, 1.165) is 0 Å². The van der Waals surface area contributed by atoms with Crippen molar-refractivity contribution in [3.05, 3.63) is 90.5 Å². The topological polar surface area (TPSA) is 84.0 Å². The van der Waals surface area contributed by atoms with E-state index in [4.69, 9.17) is 4.74 Å². The Kier molecular flexibility index (Phi) is 7.50. The summed E-state index contributed by atoms with van der Waals surface area (Å²) in [5.41, 5.74) is 1.39. The molecule has 0 aliphatic heterocycles. The van der Waals surface area contributed by atoms with Gasteiger partial charge >= 0.3 is 5.97 Å². The first-order valence-electron chi connectivity index (χ1n) is 10.4. The third-order valence-electron chi connectivity index (χ3n) is 5.01. The molecule has 0 aliphatic carbocycles. The van der Waals surface area contributed by atoms with Crippen molar-refractivity contribution in [3.8, 4) is 0 Å². The van der Waals surface area contributed by atoms with E-state index in [1.165, 1.54) is 35.6 Å². The maximum absolute atomic E-state index is 12.9. The molecule has 0 unspecified atom stereocenters. The van der Waals surface area contributed by atoms with Crippen molar-refractivity contribution in [3.63, 3.8) is 0 Å². The Hall–Kier alpha value is -3.65. The lowest BCUT2D eigenvalue weighted by atomic mass is 10.2. The number of ether oxygens (including phenoxy) is 1. The molecular formula is C25H26N2O5S. The van der Waals surface area contributed by atoms with Crippen LogP contribution in [0.1, 0.15) is 24.2 Å². The van der Waals surface area contributed by atoms with E-state index < -0.39 is 22.6 Å². The van der Waals surface area contributed by atoms with Crippen LogP contribution in [0.15, 0.2) is 89.8 Å². The van der Waals surface area contributed by atoms with Gasteiger partial charge < -0.3 is 9.64 Å². The number of hydrogen-bond acceptors (Lipinski definition) is 5. The zero-order valence-electron chi connectivity index (χ0n) is 18.7. The van der Waals surface area contributed by atoms with E-state index >= 15 is 0 Å². The van der Waals surface area contributed by atoms with Crippen LogP contribution in [-0.2, 0) is 19.6 Å². The van der Waals surface area contributed by atoms with E-state index in [1.54, 1.807) is 35.2 Å². The van der Waals surface area contributed by atoms with Gasteiger partial charge in [-0.3, -0.25) is 9.10 Å². The second-order valence-corrected chi connectivity index (χ2v) is 9.57. The van der Waals surface area contributed by atoms with E-state index in [2.05, 4.69) is 0 Å². The number of benzene rings is 3. The summed E-state index contributed by atoms with van der Waals surface area (Å²) in [5, 5.41) is 0. The minimum Gasteiger partial charge on any atom is -0.452 e. The zero-order valence-corrected chi connectivity index (χ0v) is 19.5. The van der Waals surface area contributed by atoms with Gasteiger partial charge in [-0.2, -0.15) is 0 Å². The van der Waals surface area contributed by atoms with Crippen LogP contribution in [0.5, 0.6) is 0 Å². The highest BCUT2D eigenvalue weighted by Gasteiger charge is 2.23. The summed E-state index contributed by atoms with van der Waals surface area (Å²) in [6, 6.07) is 23.1. The summed E-state index contributed by atoms with van der Waals surface area (Å²) in [6.07, 6.45) is 0. The molecule has 0 radical (unpaired) electrons. The van der Waals surface area contributed by atoms with Gasteiger partial charge in [-0.05, 0) is 62.4 Å². The predicted molar refractivity (Wildman–Crippen MR) is 128 cm³/mol. The normalized spacial score (nSPS) is 11.2. The summed E-state index contributed by atoms with van der Waals surface area (Å²) in [4.78, 5) is 26.7. The molecule has 3 rings (SSSR count). The quantitative estimate of drug-likeness (QED) is 0.467. The number of sulfonamides is 1. The molecule has 0 atom stereocenters. The monoisotopic (exact) mass is 466 g/mol. The fraction of sp³-hybridized carbons (Fsp3) is 0.200. The lowest BCUT2D eigenvalue weighted by Gasteiger charge is -2.26. The Morgan fingerprint density at radius 3 is 1.85 bits per heavy atom. The zero-order chi connectivity index (χ0) is 24.0. The third-order valence-corrected chi connectivity index (χ3v) is 6.81. The molecule has 0 saturated heterocycles. The minimum atomic E-state index is -3.79. The molecule has 0 aliphatic rings. The van der Waals surface area contributed by atoms with E-state index in [-0.39, 0.29) is 22.4 Å². The van der Waals surface area contributed by atoms with Crippen molar-refractivity contribution < 1.29 is 22.7 Å². The third kappa shape index (κ3) is 5.59. The van der Waals surface area contributed by atoms with Crippen LogP contribution in [0, 0.1) is 0 Å². The van der Waals surface area contributed by atoms with Gasteiger partial charge in [0.05, 0.1) is 16.1 Å². The molecule has 3 aromatic carbocycles. The molecule has 0 fully saturated rings. The van der Waals surface area contributed by atoms with E-state index in [0.29, 0.717) is 11.4 Å². The smallest absolute Gasteiger partial charge is 0.338 e. The van der Waals surface area contributed by atoms with E-state index in [9.17, 15) is 18.0 Å². The van der Waals surface area contributed by atoms with Gasteiger partial charge in [0.25, 0.3) is 15.9 Å². The van der Waals surface area contributed by atoms with Gasteiger partial charge in [-0.25, -0.2) is 13.2 Å². The lowest BCUT2D eigenvalue weighted by Crippen LogP contribution is -2.39. The second-order valence-electron chi connectivity index (χ2n) is 7.60. The Bertz CT molecular complexity index is 1190. The SMILES string of the molecule is CC(C)N(C(=O)COC(=O)c1ccc(S(=O)(=O)N(C)c2ccccc2)cc1)c1ccccc1. The van der Waals surface area contributed by atoms with Gasteiger partial charge in [-0.1, -0.05) is 36.4 Å². The number of para-hydroxylation sites is 2. The van der Waals surface area contributed by atoms with Gasteiger partial charge in [0.15, 0.2) is 6.61 Å². The predicted octanol–water partition coefficient (Wildman–Crippen LogP) is 4.11. The molecule has 33 heavy (non-hydrogen) atoms. The van der Waals surface area contributed by atoms with Crippen molar-refractivity contribution in [2.24, 2.45) is 0 Å². The largest absolute Gasteiger partial charge is 0.452 e. The maximum Gasteiger partial charge on any atom is 0.338 e. The average Bonchev–Trinajstić information content (AvgIpc) is 2.83. The fourth-order valence-electron chi connectivity index (χ4n) is 3.30. The second kappa shape index (κ2) is 10.3. The Balaban J connectivity index is 1.67. The molecule has 0 heterocycles. The van der Waals surface area contributed by atoms with Gasteiger partial charge in [0.2, 0.25) is 0 Å². The number of esters is 1. The van der Waals surface area contributed by atoms with Crippen LogP contribution in [0.4, 0.5) is 11.4 Å². The maximum atomic E-state index is 12.9. The number of carbonyl (C=O) groups is 2. The molecular weight excluding hydrogens is 440 g/mol. The lowest BCUT2D eigenvalue weighted by molar-refractivity contribution is -0.122. The Morgan fingerprint density at radius 2 is 1.33 bits per heavy atom. The molecule has 172 valence electrons. The number of carbonyl (C=O) groups excluding carboxylic acids is 2. The molecule has 0 aromatic heterocycles. The Morgan fingerprint density at radius 1 is 0.818 bits per heavy atom.